The van der Waals surface area contributed by atoms with Gasteiger partial charge >= 0.3 is 5.97 Å². The maximum absolute atomic E-state index is 12.4. The van der Waals surface area contributed by atoms with E-state index in [1.165, 1.54) is 18.2 Å². The number of aromatic nitrogens is 1. The zero-order valence-electron chi connectivity index (χ0n) is 14.3. The van der Waals surface area contributed by atoms with Crippen LogP contribution in [-0.4, -0.2) is 29.3 Å². The van der Waals surface area contributed by atoms with Gasteiger partial charge in [0.05, 0.1) is 12.2 Å². The van der Waals surface area contributed by atoms with Crippen LogP contribution in [0.5, 0.6) is 0 Å². The molecule has 0 spiro atoms. The molecule has 2 aromatic rings. The normalized spacial score (nSPS) is 13.0. The van der Waals surface area contributed by atoms with Gasteiger partial charge in [0.15, 0.2) is 5.78 Å². The van der Waals surface area contributed by atoms with Crippen molar-refractivity contribution in [3.63, 3.8) is 0 Å². The van der Waals surface area contributed by atoms with Crippen LogP contribution >= 0.6 is 0 Å². The summed E-state index contributed by atoms with van der Waals surface area (Å²) in [5.41, 5.74) is 1.13. The minimum atomic E-state index is -0.615. The van der Waals surface area contributed by atoms with Crippen LogP contribution in [0.4, 0.5) is 5.69 Å². The number of anilines is 1. The Balaban J connectivity index is 1.80. The molecule has 0 fully saturated rings. The fourth-order valence-corrected chi connectivity index (χ4v) is 2.85. The van der Waals surface area contributed by atoms with Crippen LogP contribution in [0.1, 0.15) is 56.5 Å². The largest absolute Gasteiger partial charge is 0.462 e. The lowest BCUT2D eigenvalue weighted by molar-refractivity contribution is 0.0526. The Kier molecular flexibility index (Phi) is 4.97. The van der Waals surface area contributed by atoms with Gasteiger partial charge in [0, 0.05) is 23.4 Å². The molecule has 1 aromatic heterocycles. The van der Waals surface area contributed by atoms with Gasteiger partial charge in [-0.05, 0) is 50.1 Å². The van der Waals surface area contributed by atoms with E-state index in [-0.39, 0.29) is 18.0 Å². The van der Waals surface area contributed by atoms with E-state index in [4.69, 9.17) is 4.74 Å². The number of aromatic amines is 1. The number of rotatable bonds is 4. The molecule has 0 radical (unpaired) electrons. The molecule has 1 aliphatic carbocycles. The minimum Gasteiger partial charge on any atom is -0.462 e. The number of ether oxygens (including phenoxy) is 1. The number of H-pyrrole nitrogens is 1. The molecule has 7 nitrogen and oxygen atoms in total. The Morgan fingerprint density at radius 1 is 1.15 bits per heavy atom. The minimum absolute atomic E-state index is 0.0738. The zero-order valence-corrected chi connectivity index (χ0v) is 14.3. The summed E-state index contributed by atoms with van der Waals surface area (Å²) in [6.45, 7) is 1.99. The molecule has 0 unspecified atom stereocenters. The van der Waals surface area contributed by atoms with Gasteiger partial charge in [-0.3, -0.25) is 14.4 Å². The summed E-state index contributed by atoms with van der Waals surface area (Å²) < 4.78 is 4.89. The zero-order chi connectivity index (χ0) is 18.7. The SMILES string of the molecule is CCOC(=O)c1ccc(NC(=O)c2cc3c([nH]c2=O)CCCC3=O)cc1. The molecule has 0 bridgehead atoms. The van der Waals surface area contributed by atoms with Crippen LogP contribution in [0.25, 0.3) is 0 Å². The number of nitrogens with one attached hydrogen (secondary N) is 2. The van der Waals surface area contributed by atoms with Crippen LogP contribution in [0.15, 0.2) is 35.1 Å². The number of benzene rings is 1. The molecule has 1 aliphatic rings. The fraction of sp³-hybridized carbons (Fsp3) is 0.263. The van der Waals surface area contributed by atoms with Crippen molar-refractivity contribution in [3.05, 3.63) is 63.1 Å². The predicted octanol–water partition coefficient (Wildman–Crippen LogP) is 2.32. The van der Waals surface area contributed by atoms with E-state index in [0.29, 0.717) is 41.8 Å². The van der Waals surface area contributed by atoms with Crippen molar-refractivity contribution in [2.75, 3.05) is 11.9 Å². The van der Waals surface area contributed by atoms with Crippen LogP contribution in [0, 0.1) is 0 Å². The van der Waals surface area contributed by atoms with Gasteiger partial charge in [-0.25, -0.2) is 4.79 Å². The molecule has 0 saturated carbocycles. The maximum atomic E-state index is 12.4. The van der Waals surface area contributed by atoms with E-state index in [9.17, 15) is 19.2 Å². The van der Waals surface area contributed by atoms with E-state index in [1.54, 1.807) is 19.1 Å². The summed E-state index contributed by atoms with van der Waals surface area (Å²) in [6, 6.07) is 7.49. The van der Waals surface area contributed by atoms with Gasteiger partial charge in [-0.2, -0.15) is 0 Å². The second-order valence-electron chi connectivity index (χ2n) is 5.93. The number of carbonyl (C=O) groups is 3. The Bertz CT molecular complexity index is 928. The molecule has 0 saturated heterocycles. The van der Waals surface area contributed by atoms with Gasteiger partial charge in [0.1, 0.15) is 5.56 Å². The summed E-state index contributed by atoms with van der Waals surface area (Å²) in [5, 5.41) is 2.60. The lowest BCUT2D eigenvalue weighted by atomic mass is 9.93. The highest BCUT2D eigenvalue weighted by atomic mass is 16.5. The first-order chi connectivity index (χ1) is 12.5. The maximum Gasteiger partial charge on any atom is 0.338 e. The smallest absolute Gasteiger partial charge is 0.338 e. The van der Waals surface area contributed by atoms with Crippen molar-refractivity contribution < 1.29 is 19.1 Å². The third-order valence-electron chi connectivity index (χ3n) is 4.15. The molecule has 1 heterocycles. The van der Waals surface area contributed by atoms with E-state index in [1.807, 2.05) is 0 Å². The number of esters is 1. The molecule has 3 rings (SSSR count). The van der Waals surface area contributed by atoms with Gasteiger partial charge in [-0.1, -0.05) is 0 Å². The second-order valence-corrected chi connectivity index (χ2v) is 5.93. The molecule has 134 valence electrons. The Morgan fingerprint density at radius 3 is 2.58 bits per heavy atom. The summed E-state index contributed by atoms with van der Waals surface area (Å²) in [7, 11) is 0. The van der Waals surface area contributed by atoms with E-state index in [0.717, 1.165) is 0 Å². The van der Waals surface area contributed by atoms with Crippen LogP contribution in [0.2, 0.25) is 0 Å². The molecular formula is C19H18N2O5. The molecular weight excluding hydrogens is 336 g/mol. The van der Waals surface area contributed by atoms with Gasteiger partial charge in [0.25, 0.3) is 11.5 Å². The monoisotopic (exact) mass is 354 g/mol. The van der Waals surface area contributed by atoms with E-state index >= 15 is 0 Å². The third-order valence-corrected chi connectivity index (χ3v) is 4.15. The number of Topliss-reactive ketones (excluding diaryl/α,β-unsaturated/α-hetero) is 1. The average molecular weight is 354 g/mol. The molecule has 7 heteroatoms. The number of fused-ring (bicyclic) bond motifs is 1. The lowest BCUT2D eigenvalue weighted by Gasteiger charge is -2.15. The molecule has 2 N–H and O–H groups in total. The summed E-state index contributed by atoms with van der Waals surface area (Å²) in [6.07, 6.45) is 1.73. The van der Waals surface area contributed by atoms with Gasteiger partial charge in [-0.15, -0.1) is 0 Å². The number of amides is 1. The topological polar surface area (TPSA) is 105 Å². The van der Waals surface area contributed by atoms with Gasteiger partial charge in [0.2, 0.25) is 0 Å². The second kappa shape index (κ2) is 7.35. The van der Waals surface area contributed by atoms with Gasteiger partial charge < -0.3 is 15.0 Å². The standard InChI is InChI=1S/C19H18N2O5/c1-2-26-19(25)11-6-8-12(9-7-11)20-17(23)14-10-13-15(21-18(14)24)4-3-5-16(13)22/h6-10H,2-5H2,1H3,(H,20,23)(H,21,24). The van der Waals surface area contributed by atoms with Crippen LogP contribution in [-0.2, 0) is 11.2 Å². The third kappa shape index (κ3) is 3.56. The van der Waals surface area contributed by atoms with Crippen molar-refractivity contribution in [3.8, 4) is 0 Å². The van der Waals surface area contributed by atoms with Crippen molar-refractivity contribution in [1.29, 1.82) is 0 Å². The number of carbonyl (C=O) groups excluding carboxylic acids is 3. The lowest BCUT2D eigenvalue weighted by Crippen LogP contribution is -2.27. The summed E-state index contributed by atoms with van der Waals surface area (Å²) in [4.78, 5) is 50.8. The molecule has 0 aliphatic heterocycles. The highest BCUT2D eigenvalue weighted by molar-refractivity contribution is 6.06. The van der Waals surface area contributed by atoms with E-state index in [2.05, 4.69) is 10.3 Å². The van der Waals surface area contributed by atoms with Crippen LogP contribution < -0.4 is 10.9 Å². The summed E-state index contributed by atoms with van der Waals surface area (Å²) in [5.74, 6) is -1.14. The van der Waals surface area contributed by atoms with Crippen molar-refractivity contribution in [2.45, 2.75) is 26.2 Å². The molecule has 26 heavy (non-hydrogen) atoms. The molecule has 0 atom stereocenters. The first-order valence-corrected chi connectivity index (χ1v) is 8.37. The van der Waals surface area contributed by atoms with E-state index < -0.39 is 17.4 Å². The molecule has 1 amide bonds. The Labute approximate surface area is 149 Å². The highest BCUT2D eigenvalue weighted by Crippen LogP contribution is 2.19. The number of aryl methyl sites for hydroxylation is 1. The van der Waals surface area contributed by atoms with Crippen molar-refractivity contribution >= 4 is 23.3 Å². The number of pyridine rings is 1. The number of hydrogen-bond acceptors (Lipinski definition) is 5. The summed E-state index contributed by atoms with van der Waals surface area (Å²) >= 11 is 0. The Hall–Kier alpha value is -3.22. The fourth-order valence-electron chi connectivity index (χ4n) is 2.85. The average Bonchev–Trinajstić information content (AvgIpc) is 2.62. The predicted molar refractivity (Wildman–Crippen MR) is 94.7 cm³/mol. The quantitative estimate of drug-likeness (QED) is 0.820. The first kappa shape index (κ1) is 17.6. The number of hydrogen-bond donors (Lipinski definition) is 2. The molecule has 1 aromatic carbocycles. The first-order valence-electron chi connectivity index (χ1n) is 8.37. The number of ketones is 1. The van der Waals surface area contributed by atoms with Crippen LogP contribution in [0.3, 0.4) is 0 Å². The van der Waals surface area contributed by atoms with Crippen molar-refractivity contribution in [1.82, 2.24) is 4.98 Å². The highest BCUT2D eigenvalue weighted by Gasteiger charge is 2.22. The Morgan fingerprint density at radius 2 is 1.88 bits per heavy atom. The van der Waals surface area contributed by atoms with Crippen molar-refractivity contribution in [2.24, 2.45) is 0 Å².